The Morgan fingerprint density at radius 3 is 2.28 bits per heavy atom. The zero-order valence-corrected chi connectivity index (χ0v) is 12.7. The fraction of sp³-hybridized carbons (Fsp3) is 0.933. The molecule has 0 radical (unpaired) electrons. The summed E-state index contributed by atoms with van der Waals surface area (Å²) in [6.45, 7) is 8.52. The first kappa shape index (κ1) is 15.3. The molecule has 2 amide bonds. The van der Waals surface area contributed by atoms with Gasteiger partial charge in [0.1, 0.15) is 0 Å². The van der Waals surface area contributed by atoms with Crippen LogP contribution in [0.2, 0.25) is 0 Å². The Labute approximate surface area is 113 Å². The highest BCUT2D eigenvalue weighted by Gasteiger charge is 2.38. The van der Waals surface area contributed by atoms with E-state index in [0.29, 0.717) is 0 Å². The summed E-state index contributed by atoms with van der Waals surface area (Å²) in [7, 11) is 1.91. The fourth-order valence-electron chi connectivity index (χ4n) is 3.01. The van der Waals surface area contributed by atoms with Crippen LogP contribution in [0.5, 0.6) is 0 Å². The van der Waals surface area contributed by atoms with Crippen molar-refractivity contribution in [2.75, 3.05) is 20.1 Å². The summed E-state index contributed by atoms with van der Waals surface area (Å²) < 4.78 is 0. The summed E-state index contributed by atoms with van der Waals surface area (Å²) in [6, 6.07) is 0.224. The molecule has 3 heteroatoms. The third-order valence-corrected chi connectivity index (χ3v) is 4.23. The first-order valence-corrected chi connectivity index (χ1v) is 7.58. The normalized spacial score (nSPS) is 19.4. The Kier molecular flexibility index (Phi) is 5.97. The van der Waals surface area contributed by atoms with E-state index in [9.17, 15) is 4.79 Å². The number of nitrogens with zero attached hydrogens (tertiary/aromatic N) is 2. The van der Waals surface area contributed by atoms with Crippen molar-refractivity contribution in [1.82, 2.24) is 9.80 Å². The third kappa shape index (κ3) is 3.63. The van der Waals surface area contributed by atoms with E-state index in [0.717, 1.165) is 32.4 Å². The first-order valence-electron chi connectivity index (χ1n) is 7.58. The second kappa shape index (κ2) is 7.01. The number of carbonyl (C=O) groups excluding carboxylic acids is 1. The van der Waals surface area contributed by atoms with Gasteiger partial charge in [-0.1, -0.05) is 46.0 Å². The van der Waals surface area contributed by atoms with Gasteiger partial charge in [-0.2, -0.15) is 0 Å². The van der Waals surface area contributed by atoms with Crippen LogP contribution in [0.1, 0.15) is 65.7 Å². The lowest BCUT2D eigenvalue weighted by atomic mass is 9.88. The maximum Gasteiger partial charge on any atom is 0.320 e. The molecule has 3 nitrogen and oxygen atoms in total. The van der Waals surface area contributed by atoms with Gasteiger partial charge in [0, 0.05) is 25.7 Å². The van der Waals surface area contributed by atoms with Gasteiger partial charge in [-0.3, -0.25) is 0 Å². The molecule has 0 saturated carbocycles. The Balaban J connectivity index is 2.58. The lowest BCUT2D eigenvalue weighted by Crippen LogP contribution is -2.48. The van der Waals surface area contributed by atoms with Crippen LogP contribution in [0, 0.1) is 0 Å². The molecule has 0 bridgehead atoms. The highest BCUT2D eigenvalue weighted by atomic mass is 16.2. The van der Waals surface area contributed by atoms with Crippen LogP contribution in [0.25, 0.3) is 0 Å². The highest BCUT2D eigenvalue weighted by Crippen LogP contribution is 2.30. The van der Waals surface area contributed by atoms with Crippen molar-refractivity contribution in [3.05, 3.63) is 0 Å². The summed E-state index contributed by atoms with van der Waals surface area (Å²) in [5.41, 5.74) is 0.0737. The van der Waals surface area contributed by atoms with Crippen LogP contribution in [0.15, 0.2) is 0 Å². The number of amides is 2. The second-order valence-corrected chi connectivity index (χ2v) is 5.91. The second-order valence-electron chi connectivity index (χ2n) is 5.91. The van der Waals surface area contributed by atoms with Crippen molar-refractivity contribution in [2.24, 2.45) is 0 Å². The molecule has 1 aliphatic rings. The minimum absolute atomic E-state index is 0.0737. The molecule has 0 spiro atoms. The summed E-state index contributed by atoms with van der Waals surface area (Å²) in [5.74, 6) is 0. The quantitative estimate of drug-likeness (QED) is 0.603. The fourth-order valence-corrected chi connectivity index (χ4v) is 3.01. The topological polar surface area (TPSA) is 23.6 Å². The van der Waals surface area contributed by atoms with Gasteiger partial charge >= 0.3 is 6.03 Å². The molecule has 0 N–H and O–H groups in total. The van der Waals surface area contributed by atoms with Crippen LogP contribution in [0.4, 0.5) is 4.79 Å². The van der Waals surface area contributed by atoms with Crippen molar-refractivity contribution < 1.29 is 4.79 Å². The van der Waals surface area contributed by atoms with Crippen molar-refractivity contribution in [3.63, 3.8) is 0 Å². The Hall–Kier alpha value is -0.730. The van der Waals surface area contributed by atoms with Crippen molar-refractivity contribution in [2.45, 2.75) is 71.3 Å². The van der Waals surface area contributed by atoms with Gasteiger partial charge in [0.25, 0.3) is 0 Å². The number of unbranched alkanes of at least 4 members (excludes halogenated alkanes) is 3. The molecule has 1 rings (SSSR count). The largest absolute Gasteiger partial charge is 0.326 e. The number of hydrogen-bond donors (Lipinski definition) is 0. The maximum atomic E-state index is 12.2. The molecule has 0 aromatic heterocycles. The number of carbonyl (C=O) groups is 1. The molecule has 106 valence electrons. The van der Waals surface area contributed by atoms with Gasteiger partial charge in [0.15, 0.2) is 0 Å². The minimum atomic E-state index is 0.0737. The van der Waals surface area contributed by atoms with Crippen LogP contribution in [0.3, 0.4) is 0 Å². The Morgan fingerprint density at radius 2 is 1.78 bits per heavy atom. The number of urea groups is 1. The van der Waals surface area contributed by atoms with Crippen molar-refractivity contribution >= 4 is 6.03 Å². The molecule has 0 aromatic carbocycles. The van der Waals surface area contributed by atoms with E-state index in [1.807, 2.05) is 11.9 Å². The minimum Gasteiger partial charge on any atom is -0.326 e. The molecule has 1 heterocycles. The van der Waals surface area contributed by atoms with E-state index < -0.39 is 0 Å². The molecule has 1 unspecified atom stereocenters. The van der Waals surface area contributed by atoms with E-state index in [1.54, 1.807) is 0 Å². The predicted molar refractivity (Wildman–Crippen MR) is 76.8 cm³/mol. The van der Waals surface area contributed by atoms with Gasteiger partial charge in [-0.05, 0) is 19.8 Å². The van der Waals surface area contributed by atoms with Gasteiger partial charge in [0.2, 0.25) is 0 Å². The molecule has 0 aliphatic carbocycles. The van der Waals surface area contributed by atoms with Gasteiger partial charge in [-0.25, -0.2) is 4.79 Å². The summed E-state index contributed by atoms with van der Waals surface area (Å²) in [6.07, 6.45) is 8.56. The van der Waals surface area contributed by atoms with E-state index >= 15 is 0 Å². The van der Waals surface area contributed by atoms with E-state index in [-0.39, 0.29) is 11.6 Å². The molecule has 1 aliphatic heterocycles. The lowest BCUT2D eigenvalue weighted by Gasteiger charge is -2.38. The van der Waals surface area contributed by atoms with Crippen molar-refractivity contribution in [3.8, 4) is 0 Å². The molecule has 1 saturated heterocycles. The summed E-state index contributed by atoms with van der Waals surface area (Å²) in [4.78, 5) is 16.1. The Morgan fingerprint density at radius 1 is 1.06 bits per heavy atom. The summed E-state index contributed by atoms with van der Waals surface area (Å²) in [5, 5.41) is 0. The van der Waals surface area contributed by atoms with E-state index in [4.69, 9.17) is 0 Å². The van der Waals surface area contributed by atoms with E-state index in [2.05, 4.69) is 25.7 Å². The zero-order valence-electron chi connectivity index (χ0n) is 12.7. The van der Waals surface area contributed by atoms with Gasteiger partial charge in [0.05, 0.1) is 0 Å². The van der Waals surface area contributed by atoms with Gasteiger partial charge < -0.3 is 9.80 Å². The van der Waals surface area contributed by atoms with Crippen LogP contribution in [-0.4, -0.2) is 41.5 Å². The predicted octanol–water partition coefficient (Wildman–Crippen LogP) is 3.88. The molecule has 0 aromatic rings. The average Bonchev–Trinajstić information content (AvgIpc) is 2.67. The SMILES string of the molecule is CCCCCCC(C)(CCC)N1CCN(C)C1=O. The molecule has 18 heavy (non-hydrogen) atoms. The Bertz CT molecular complexity index is 267. The maximum absolute atomic E-state index is 12.2. The average molecular weight is 254 g/mol. The number of hydrogen-bond acceptors (Lipinski definition) is 1. The molecular weight excluding hydrogens is 224 g/mol. The standard InChI is InChI=1S/C15H30N2O/c1-5-7-8-9-11-15(3,10-6-2)17-13-12-16(4)14(17)18/h5-13H2,1-4H3. The smallest absolute Gasteiger partial charge is 0.320 e. The number of rotatable bonds is 8. The van der Waals surface area contributed by atoms with Crippen LogP contribution < -0.4 is 0 Å². The lowest BCUT2D eigenvalue weighted by molar-refractivity contribution is 0.122. The highest BCUT2D eigenvalue weighted by molar-refractivity contribution is 5.77. The third-order valence-electron chi connectivity index (χ3n) is 4.23. The van der Waals surface area contributed by atoms with E-state index in [1.165, 1.54) is 25.7 Å². The molecule has 1 atom stereocenters. The molecular formula is C15H30N2O. The van der Waals surface area contributed by atoms with Gasteiger partial charge in [-0.15, -0.1) is 0 Å². The number of likely N-dealkylation sites (N-methyl/N-ethyl adjacent to an activating group) is 1. The van der Waals surface area contributed by atoms with Crippen molar-refractivity contribution in [1.29, 1.82) is 0 Å². The summed E-state index contributed by atoms with van der Waals surface area (Å²) >= 11 is 0. The van der Waals surface area contributed by atoms with Crippen LogP contribution >= 0.6 is 0 Å². The first-order chi connectivity index (χ1) is 8.55. The zero-order chi connectivity index (χ0) is 13.6. The monoisotopic (exact) mass is 254 g/mol. The molecule has 1 fully saturated rings. The van der Waals surface area contributed by atoms with Crippen LogP contribution in [-0.2, 0) is 0 Å².